The highest BCUT2D eigenvalue weighted by molar-refractivity contribution is 7.92. The van der Waals surface area contributed by atoms with Crippen molar-refractivity contribution in [3.63, 3.8) is 0 Å². The molecule has 4 aromatic heterocycles. The fourth-order valence-corrected chi connectivity index (χ4v) is 6.70. The van der Waals surface area contributed by atoms with E-state index in [-0.39, 0.29) is 16.5 Å². The van der Waals surface area contributed by atoms with Crippen LogP contribution in [0.15, 0.2) is 60.1 Å². The number of nitrogens with one attached hydrogen (secondary N) is 1. The molecule has 0 saturated carbocycles. The van der Waals surface area contributed by atoms with Gasteiger partial charge in [0.1, 0.15) is 24.6 Å². The zero-order valence-electron chi connectivity index (χ0n) is 24.7. The van der Waals surface area contributed by atoms with Crippen molar-refractivity contribution in [1.29, 1.82) is 0 Å². The number of aryl methyl sites for hydroxylation is 1. The van der Waals surface area contributed by atoms with Crippen molar-refractivity contribution in [3.05, 3.63) is 77.6 Å². The van der Waals surface area contributed by atoms with Crippen LogP contribution in [0.25, 0.3) is 28.2 Å². The van der Waals surface area contributed by atoms with Crippen LogP contribution in [0.3, 0.4) is 0 Å². The van der Waals surface area contributed by atoms with Crippen LogP contribution >= 0.6 is 11.6 Å². The maximum absolute atomic E-state index is 15.8. The van der Waals surface area contributed by atoms with E-state index >= 15 is 8.78 Å². The zero-order chi connectivity index (χ0) is 31.8. The summed E-state index contributed by atoms with van der Waals surface area (Å²) in [5.41, 5.74) is 1.40. The number of rotatable bonds is 11. The van der Waals surface area contributed by atoms with Gasteiger partial charge in [0.2, 0.25) is 5.88 Å². The summed E-state index contributed by atoms with van der Waals surface area (Å²) in [4.78, 5) is 12.5. The van der Waals surface area contributed by atoms with Crippen LogP contribution in [0.4, 0.5) is 14.5 Å². The Morgan fingerprint density at radius 2 is 1.84 bits per heavy atom. The van der Waals surface area contributed by atoms with E-state index in [1.807, 2.05) is 11.5 Å². The van der Waals surface area contributed by atoms with Gasteiger partial charge in [-0.3, -0.25) is 4.72 Å². The summed E-state index contributed by atoms with van der Waals surface area (Å²) in [5.74, 6) is -1.62. The standard InChI is InChI=1S/C29H31ClF2N6O4SSi/c1-18-13-33-28(38(18)17-42-10-11-44(3,4)5)27-23-9-6-19(15-37(23)16-35-27)25-21(31)7-8-22(26(25)32)36-43(39,40)24-12-20(30)14-34-29(24)41-2/h6-9,12-16,36H,10-11,17H2,1-5H3. The van der Waals surface area contributed by atoms with Crippen molar-refractivity contribution < 1.29 is 26.7 Å². The molecular weight excluding hydrogens is 630 g/mol. The lowest BCUT2D eigenvalue weighted by molar-refractivity contribution is 0.0870. The molecule has 0 saturated heterocycles. The van der Waals surface area contributed by atoms with Gasteiger partial charge in [-0.05, 0) is 37.2 Å². The van der Waals surface area contributed by atoms with Gasteiger partial charge >= 0.3 is 0 Å². The Bertz CT molecular complexity index is 1960. The fraction of sp³-hybridized carbons (Fsp3) is 0.276. The monoisotopic (exact) mass is 660 g/mol. The summed E-state index contributed by atoms with van der Waals surface area (Å²) >= 11 is 5.93. The van der Waals surface area contributed by atoms with Crippen molar-refractivity contribution in [2.45, 2.75) is 44.2 Å². The first kappa shape index (κ1) is 31.6. The highest BCUT2D eigenvalue weighted by Crippen LogP contribution is 2.34. The van der Waals surface area contributed by atoms with Gasteiger partial charge in [-0.15, -0.1) is 0 Å². The molecule has 0 spiro atoms. The van der Waals surface area contributed by atoms with E-state index in [4.69, 9.17) is 21.1 Å². The first-order chi connectivity index (χ1) is 20.8. The van der Waals surface area contributed by atoms with E-state index in [9.17, 15) is 8.42 Å². The van der Waals surface area contributed by atoms with Gasteiger partial charge in [0, 0.05) is 44.5 Å². The highest BCUT2D eigenvalue weighted by atomic mass is 35.5. The SMILES string of the molecule is COc1ncc(Cl)cc1S(=O)(=O)Nc1ccc(F)c(-c2ccc3c(-c4ncc(C)n4COCC[Si](C)(C)C)ncn3c2)c1F. The molecule has 10 nitrogen and oxygen atoms in total. The molecule has 232 valence electrons. The molecule has 0 atom stereocenters. The van der Waals surface area contributed by atoms with Gasteiger partial charge < -0.3 is 18.4 Å². The molecule has 0 aliphatic rings. The Morgan fingerprint density at radius 1 is 1.07 bits per heavy atom. The second kappa shape index (κ2) is 12.3. The molecule has 5 aromatic rings. The van der Waals surface area contributed by atoms with E-state index in [1.165, 1.54) is 31.9 Å². The number of anilines is 1. The van der Waals surface area contributed by atoms with Gasteiger partial charge in [-0.1, -0.05) is 37.3 Å². The molecule has 0 fully saturated rings. The smallest absolute Gasteiger partial charge is 0.267 e. The lowest BCUT2D eigenvalue weighted by Crippen LogP contribution is -2.22. The van der Waals surface area contributed by atoms with Crippen molar-refractivity contribution in [2.24, 2.45) is 0 Å². The van der Waals surface area contributed by atoms with Crippen LogP contribution < -0.4 is 9.46 Å². The number of sulfonamides is 1. The Hall–Kier alpha value is -3.85. The molecule has 15 heteroatoms. The Kier molecular flexibility index (Phi) is 8.80. The molecular formula is C29H31ClF2N6O4SSi. The average molecular weight is 661 g/mol. The first-order valence-electron chi connectivity index (χ1n) is 13.6. The van der Waals surface area contributed by atoms with E-state index in [0.717, 1.165) is 29.9 Å². The Morgan fingerprint density at radius 3 is 2.57 bits per heavy atom. The number of ether oxygens (including phenoxy) is 2. The number of imidazole rings is 2. The summed E-state index contributed by atoms with van der Waals surface area (Å²) in [7, 11) is -4.41. The maximum Gasteiger partial charge on any atom is 0.267 e. The lowest BCUT2D eigenvalue weighted by atomic mass is 10.0. The topological polar surface area (TPSA) is 113 Å². The number of hydrogen-bond donors (Lipinski definition) is 1. The second-order valence-electron chi connectivity index (χ2n) is 11.4. The molecule has 0 aliphatic heterocycles. The minimum atomic E-state index is -4.41. The molecule has 0 bridgehead atoms. The Labute approximate surface area is 259 Å². The van der Waals surface area contributed by atoms with Crippen molar-refractivity contribution in [1.82, 2.24) is 23.9 Å². The first-order valence-corrected chi connectivity index (χ1v) is 19.1. The van der Waals surface area contributed by atoms with Gasteiger partial charge in [0.15, 0.2) is 16.5 Å². The van der Waals surface area contributed by atoms with Crippen LogP contribution in [-0.2, 0) is 21.5 Å². The fourth-order valence-electron chi connectivity index (χ4n) is 4.52. The van der Waals surface area contributed by atoms with Crippen molar-refractivity contribution in [2.75, 3.05) is 18.4 Å². The number of benzene rings is 1. The largest absolute Gasteiger partial charge is 0.480 e. The molecule has 0 aliphatic carbocycles. The van der Waals surface area contributed by atoms with Crippen LogP contribution in [0.5, 0.6) is 5.88 Å². The number of fused-ring (bicyclic) bond motifs is 1. The zero-order valence-corrected chi connectivity index (χ0v) is 27.3. The molecule has 0 unspecified atom stereocenters. The maximum atomic E-state index is 15.8. The van der Waals surface area contributed by atoms with Crippen molar-refractivity contribution >= 4 is 40.9 Å². The molecule has 1 aromatic carbocycles. The Balaban J connectivity index is 1.46. The average Bonchev–Trinajstić information content (AvgIpc) is 3.54. The second-order valence-corrected chi connectivity index (χ2v) is 19.1. The van der Waals surface area contributed by atoms with Crippen LogP contribution in [0.1, 0.15) is 5.69 Å². The summed E-state index contributed by atoms with van der Waals surface area (Å²) < 4.78 is 73.8. The number of aromatic nitrogens is 5. The number of nitrogens with zero attached hydrogens (tertiary/aromatic N) is 5. The van der Waals surface area contributed by atoms with Crippen LogP contribution in [0, 0.1) is 18.6 Å². The van der Waals surface area contributed by atoms with Gasteiger partial charge in [0.05, 0.1) is 28.9 Å². The summed E-state index contributed by atoms with van der Waals surface area (Å²) in [5, 5.41) is 0.0339. The van der Waals surface area contributed by atoms with E-state index in [1.54, 1.807) is 16.7 Å². The molecule has 4 heterocycles. The molecule has 44 heavy (non-hydrogen) atoms. The van der Waals surface area contributed by atoms with Gasteiger partial charge in [-0.2, -0.15) is 0 Å². The van der Waals surface area contributed by atoms with E-state index in [2.05, 4.69) is 39.3 Å². The minimum absolute atomic E-state index is 0.0339. The van der Waals surface area contributed by atoms with E-state index in [0.29, 0.717) is 30.4 Å². The van der Waals surface area contributed by atoms with Crippen LogP contribution in [-0.4, -0.2) is 54.1 Å². The minimum Gasteiger partial charge on any atom is -0.480 e. The van der Waals surface area contributed by atoms with Crippen LogP contribution in [0.2, 0.25) is 30.7 Å². The van der Waals surface area contributed by atoms with Gasteiger partial charge in [0.25, 0.3) is 10.0 Å². The third kappa shape index (κ3) is 6.48. The number of pyridine rings is 2. The summed E-state index contributed by atoms with van der Waals surface area (Å²) in [6, 6.07) is 7.35. The quantitative estimate of drug-likeness (QED) is 0.125. The molecule has 1 N–H and O–H groups in total. The third-order valence-electron chi connectivity index (χ3n) is 6.91. The number of hydrogen-bond acceptors (Lipinski definition) is 7. The van der Waals surface area contributed by atoms with Crippen molar-refractivity contribution in [3.8, 4) is 28.5 Å². The van der Waals surface area contributed by atoms with E-state index < -0.39 is 45.9 Å². The predicted octanol–water partition coefficient (Wildman–Crippen LogP) is 6.62. The highest BCUT2D eigenvalue weighted by Gasteiger charge is 2.25. The molecule has 0 radical (unpaired) electrons. The molecule has 0 amide bonds. The predicted molar refractivity (Wildman–Crippen MR) is 167 cm³/mol. The molecule has 5 rings (SSSR count). The summed E-state index contributed by atoms with van der Waals surface area (Å²) in [6.45, 7) is 9.77. The lowest BCUT2D eigenvalue weighted by Gasteiger charge is -2.16. The third-order valence-corrected chi connectivity index (χ3v) is 10.2. The van der Waals surface area contributed by atoms with Gasteiger partial charge in [-0.25, -0.2) is 32.2 Å². The normalized spacial score (nSPS) is 12.2. The number of halogens is 3. The summed E-state index contributed by atoms with van der Waals surface area (Å²) in [6.07, 6.45) is 5.99. The number of methoxy groups -OCH3 is 1.